The van der Waals surface area contributed by atoms with Crippen LogP contribution in [0.3, 0.4) is 0 Å². The van der Waals surface area contributed by atoms with Gasteiger partial charge in [-0.05, 0) is 19.4 Å². The smallest absolute Gasteiger partial charge is 0.323 e. The largest absolute Gasteiger partial charge is 0.496 e. The van der Waals surface area contributed by atoms with Crippen LogP contribution in [-0.4, -0.2) is 53.4 Å². The molecule has 1 fully saturated rings. The van der Waals surface area contributed by atoms with Crippen molar-refractivity contribution in [2.75, 3.05) is 32.1 Å². The third-order valence-electron chi connectivity index (χ3n) is 4.66. The molecule has 0 aliphatic carbocycles. The number of rotatable bonds is 6. The first-order valence-corrected chi connectivity index (χ1v) is 9.09. The molecule has 1 aromatic carbocycles. The van der Waals surface area contributed by atoms with E-state index < -0.39 is 0 Å². The van der Waals surface area contributed by atoms with Gasteiger partial charge >= 0.3 is 6.03 Å². The van der Waals surface area contributed by atoms with Gasteiger partial charge in [-0.15, -0.1) is 0 Å². The van der Waals surface area contributed by atoms with Crippen LogP contribution in [0.15, 0.2) is 36.5 Å². The Morgan fingerprint density at radius 1 is 1.30 bits per heavy atom. The van der Waals surface area contributed by atoms with Crippen LogP contribution >= 0.6 is 0 Å². The Kier molecular flexibility index (Phi) is 5.95. The summed E-state index contributed by atoms with van der Waals surface area (Å²) in [5.74, 6) is 1.24. The van der Waals surface area contributed by atoms with Crippen LogP contribution in [0.5, 0.6) is 5.75 Å². The number of benzene rings is 1. The summed E-state index contributed by atoms with van der Waals surface area (Å²) in [4.78, 5) is 26.2. The lowest BCUT2D eigenvalue weighted by Crippen LogP contribution is -2.36. The zero-order valence-electron chi connectivity index (χ0n) is 15.6. The molecule has 144 valence electrons. The number of nitrogens with one attached hydrogen (secondary N) is 2. The van der Waals surface area contributed by atoms with Crippen LogP contribution < -0.4 is 15.4 Å². The Bertz CT molecular complexity index is 804. The minimum atomic E-state index is -0.219. The molecule has 2 N–H and O–H groups in total. The molecule has 0 spiro atoms. The van der Waals surface area contributed by atoms with Crippen molar-refractivity contribution in [3.05, 3.63) is 42.1 Å². The lowest BCUT2D eigenvalue weighted by Gasteiger charge is -2.18. The molecule has 8 nitrogen and oxygen atoms in total. The molecule has 1 atom stereocenters. The Hall–Kier alpha value is -3.03. The van der Waals surface area contributed by atoms with E-state index in [2.05, 4.69) is 15.7 Å². The fraction of sp³-hybridized carbons (Fsp3) is 0.421. The summed E-state index contributed by atoms with van der Waals surface area (Å²) < 4.78 is 7.09. The second-order valence-electron chi connectivity index (χ2n) is 6.44. The molecule has 0 bridgehead atoms. The Labute approximate surface area is 158 Å². The van der Waals surface area contributed by atoms with E-state index in [0.717, 1.165) is 11.3 Å². The Morgan fingerprint density at radius 2 is 2.11 bits per heavy atom. The number of methoxy groups -OCH3 is 1. The molecule has 2 aromatic rings. The molecule has 1 aromatic heterocycles. The zero-order chi connectivity index (χ0) is 19.2. The maximum absolute atomic E-state index is 12.6. The molecule has 1 saturated heterocycles. The van der Waals surface area contributed by atoms with Crippen molar-refractivity contribution in [2.24, 2.45) is 5.92 Å². The standard InChI is InChI=1S/C19H25N5O3/c1-3-20-18(25)15-9-11-23(12-15)19(26)22-17-8-10-21-24(17)13-14-6-4-5-7-16(14)27-2/h4-8,10,15H,3,9,11-13H2,1-2H3,(H,20,25)(H,22,26). The molecule has 0 radical (unpaired) electrons. The summed E-state index contributed by atoms with van der Waals surface area (Å²) in [6.07, 6.45) is 2.33. The van der Waals surface area contributed by atoms with Gasteiger partial charge in [-0.25, -0.2) is 9.48 Å². The number of hydrogen-bond acceptors (Lipinski definition) is 4. The zero-order valence-corrected chi connectivity index (χ0v) is 15.6. The summed E-state index contributed by atoms with van der Waals surface area (Å²) in [5.41, 5.74) is 0.969. The third-order valence-corrected chi connectivity index (χ3v) is 4.66. The minimum Gasteiger partial charge on any atom is -0.496 e. The summed E-state index contributed by atoms with van der Waals surface area (Å²) >= 11 is 0. The van der Waals surface area contributed by atoms with E-state index in [-0.39, 0.29) is 17.9 Å². The number of hydrogen-bond donors (Lipinski definition) is 2. The lowest BCUT2D eigenvalue weighted by atomic mass is 10.1. The van der Waals surface area contributed by atoms with Crippen molar-refractivity contribution in [3.63, 3.8) is 0 Å². The van der Waals surface area contributed by atoms with Crippen molar-refractivity contribution in [1.29, 1.82) is 0 Å². The summed E-state index contributed by atoms with van der Waals surface area (Å²) in [6, 6.07) is 9.23. The number of urea groups is 1. The van der Waals surface area contributed by atoms with Crippen molar-refractivity contribution >= 4 is 17.8 Å². The number of likely N-dealkylation sites (tertiary alicyclic amines) is 1. The van der Waals surface area contributed by atoms with Gasteiger partial charge in [-0.3, -0.25) is 10.1 Å². The van der Waals surface area contributed by atoms with E-state index in [1.807, 2.05) is 31.2 Å². The van der Waals surface area contributed by atoms with Crippen LogP contribution in [0.1, 0.15) is 18.9 Å². The molecule has 1 unspecified atom stereocenters. The number of ether oxygens (including phenoxy) is 1. The van der Waals surface area contributed by atoms with Gasteiger partial charge < -0.3 is 15.0 Å². The van der Waals surface area contributed by atoms with Gasteiger partial charge in [0.2, 0.25) is 5.91 Å². The molecule has 27 heavy (non-hydrogen) atoms. The van der Waals surface area contributed by atoms with Crippen LogP contribution in [0, 0.1) is 5.92 Å². The minimum absolute atomic E-state index is 0.00835. The topological polar surface area (TPSA) is 88.5 Å². The maximum atomic E-state index is 12.6. The maximum Gasteiger partial charge on any atom is 0.323 e. The lowest BCUT2D eigenvalue weighted by molar-refractivity contribution is -0.124. The fourth-order valence-electron chi connectivity index (χ4n) is 3.23. The van der Waals surface area contributed by atoms with Crippen LogP contribution in [0.2, 0.25) is 0 Å². The number of anilines is 1. The molecule has 3 amide bonds. The average Bonchev–Trinajstić information content (AvgIpc) is 3.32. The van der Waals surface area contributed by atoms with Gasteiger partial charge in [0, 0.05) is 31.3 Å². The highest BCUT2D eigenvalue weighted by Gasteiger charge is 2.31. The summed E-state index contributed by atoms with van der Waals surface area (Å²) in [7, 11) is 1.63. The first-order valence-electron chi connectivity index (χ1n) is 9.09. The quantitative estimate of drug-likeness (QED) is 0.812. The Morgan fingerprint density at radius 3 is 2.89 bits per heavy atom. The van der Waals surface area contributed by atoms with E-state index in [9.17, 15) is 9.59 Å². The van der Waals surface area contributed by atoms with Gasteiger partial charge in [-0.1, -0.05) is 18.2 Å². The second-order valence-corrected chi connectivity index (χ2v) is 6.44. The highest BCUT2D eigenvalue weighted by atomic mass is 16.5. The molecule has 2 heterocycles. The normalized spacial score (nSPS) is 16.2. The predicted molar refractivity (Wildman–Crippen MR) is 102 cm³/mol. The molecule has 0 saturated carbocycles. The average molecular weight is 371 g/mol. The van der Waals surface area contributed by atoms with Crippen LogP contribution in [-0.2, 0) is 11.3 Å². The van der Waals surface area contributed by atoms with Gasteiger partial charge in [0.15, 0.2) is 0 Å². The summed E-state index contributed by atoms with van der Waals surface area (Å²) in [6.45, 7) is 3.96. The van der Waals surface area contributed by atoms with Gasteiger partial charge in [0.25, 0.3) is 0 Å². The molecule has 1 aliphatic heterocycles. The molecular formula is C19H25N5O3. The first kappa shape index (κ1) is 18.8. The molecule has 1 aliphatic rings. The molecular weight excluding hydrogens is 346 g/mol. The van der Waals surface area contributed by atoms with Gasteiger partial charge in [0.1, 0.15) is 11.6 Å². The second kappa shape index (κ2) is 8.57. The number of para-hydroxylation sites is 1. The number of aromatic nitrogens is 2. The third kappa shape index (κ3) is 4.39. The number of carbonyl (C=O) groups is 2. The highest BCUT2D eigenvalue weighted by Crippen LogP contribution is 2.21. The monoisotopic (exact) mass is 371 g/mol. The van der Waals surface area contributed by atoms with Crippen molar-refractivity contribution < 1.29 is 14.3 Å². The van der Waals surface area contributed by atoms with Crippen molar-refractivity contribution in [2.45, 2.75) is 19.9 Å². The highest BCUT2D eigenvalue weighted by molar-refractivity contribution is 5.89. The number of carbonyl (C=O) groups excluding carboxylic acids is 2. The predicted octanol–water partition coefficient (Wildman–Crippen LogP) is 1.93. The Balaban J connectivity index is 1.63. The fourth-order valence-corrected chi connectivity index (χ4v) is 3.23. The van der Waals surface area contributed by atoms with E-state index in [1.165, 1.54) is 0 Å². The first-order chi connectivity index (χ1) is 13.1. The summed E-state index contributed by atoms with van der Waals surface area (Å²) in [5, 5.41) is 10.0. The van der Waals surface area contributed by atoms with Crippen molar-refractivity contribution in [1.82, 2.24) is 20.0 Å². The van der Waals surface area contributed by atoms with Crippen LogP contribution in [0.25, 0.3) is 0 Å². The number of amides is 3. The molecule has 3 rings (SSSR count). The molecule has 8 heteroatoms. The van der Waals surface area contributed by atoms with Crippen molar-refractivity contribution in [3.8, 4) is 5.75 Å². The van der Waals surface area contributed by atoms with Crippen LogP contribution in [0.4, 0.5) is 10.6 Å². The van der Waals surface area contributed by atoms with Gasteiger partial charge in [0.05, 0.1) is 25.8 Å². The van der Waals surface area contributed by atoms with E-state index in [1.54, 1.807) is 29.0 Å². The SMILES string of the molecule is CCNC(=O)C1CCN(C(=O)Nc2ccnn2Cc2ccccc2OC)C1. The van der Waals surface area contributed by atoms with E-state index >= 15 is 0 Å². The number of nitrogens with zero attached hydrogens (tertiary/aromatic N) is 3. The van der Waals surface area contributed by atoms with E-state index in [4.69, 9.17) is 4.74 Å². The van der Waals surface area contributed by atoms with E-state index in [0.29, 0.717) is 38.4 Å². The van der Waals surface area contributed by atoms with Gasteiger partial charge in [-0.2, -0.15) is 5.10 Å².